The van der Waals surface area contributed by atoms with E-state index in [9.17, 15) is 38.7 Å². The number of fused-ring (bicyclic) bond motifs is 2. The van der Waals surface area contributed by atoms with Crippen molar-refractivity contribution in [3.05, 3.63) is 86.3 Å². The molecule has 5 rings (SSSR count). The lowest BCUT2D eigenvalue weighted by atomic mass is 10.0. The summed E-state index contributed by atoms with van der Waals surface area (Å²) < 4.78 is 15.0. The maximum atomic E-state index is 13.5. The molecule has 3 amide bonds. The Hall–Kier alpha value is -5.38. The number of nitrogens with zero attached hydrogens (tertiary/aromatic N) is 2. The molecule has 3 aromatic rings. The van der Waals surface area contributed by atoms with Crippen LogP contribution in [-0.4, -0.2) is 68.7 Å². The smallest absolute Gasteiger partial charge is 0.477 e. The van der Waals surface area contributed by atoms with Crippen LogP contribution in [0.1, 0.15) is 18.5 Å². The number of aromatic nitrogens is 1. The van der Waals surface area contributed by atoms with Crippen molar-refractivity contribution in [1.82, 2.24) is 20.1 Å². The summed E-state index contributed by atoms with van der Waals surface area (Å²) in [7, 11) is 1.07. The summed E-state index contributed by atoms with van der Waals surface area (Å²) >= 11 is 1.29. The van der Waals surface area contributed by atoms with Gasteiger partial charge in [-0.05, 0) is 30.2 Å². The maximum absolute atomic E-state index is 13.5. The lowest BCUT2D eigenvalue weighted by molar-refractivity contribution is -0.151. The predicted octanol–water partition coefficient (Wildman–Crippen LogP) is 0.716. The lowest BCUT2D eigenvalue weighted by Gasteiger charge is -2.49. The average molecular weight is 625 g/mol. The second kappa shape index (κ2) is 12.1. The number of methoxy groups -OCH3 is 1. The van der Waals surface area contributed by atoms with Gasteiger partial charge < -0.3 is 29.6 Å². The summed E-state index contributed by atoms with van der Waals surface area (Å²) in [6.45, 7) is 0.778. The number of aliphatic carboxylic acids is 1. The van der Waals surface area contributed by atoms with E-state index in [-0.39, 0.29) is 22.4 Å². The van der Waals surface area contributed by atoms with Crippen molar-refractivity contribution >= 4 is 52.6 Å². The molecular weight excluding hydrogens is 600 g/mol. The number of para-hydroxylation sites is 1. The molecule has 0 radical (unpaired) electrons. The summed E-state index contributed by atoms with van der Waals surface area (Å²) in [6, 6.07) is 9.60. The molecule has 3 atom stereocenters. The van der Waals surface area contributed by atoms with E-state index in [2.05, 4.69) is 15.4 Å². The molecule has 0 aliphatic carbocycles. The monoisotopic (exact) mass is 624 g/mol. The van der Waals surface area contributed by atoms with Gasteiger partial charge in [0.1, 0.15) is 29.7 Å². The van der Waals surface area contributed by atoms with Crippen molar-refractivity contribution in [2.24, 2.45) is 0 Å². The normalized spacial score (nSPS) is 18.1. The number of thioether (sulfide) groups is 1. The fraction of sp³-hybridized carbons (Fsp3) is 0.250. The van der Waals surface area contributed by atoms with E-state index in [1.54, 1.807) is 37.3 Å². The number of carboxylic acids is 1. The molecule has 1 fully saturated rings. The van der Waals surface area contributed by atoms with Crippen LogP contribution in [0.25, 0.3) is 11.0 Å². The highest BCUT2D eigenvalue weighted by molar-refractivity contribution is 8.00. The number of hydrogen-bond donors (Lipinski definition) is 3. The van der Waals surface area contributed by atoms with Crippen LogP contribution in [0.3, 0.4) is 0 Å². The van der Waals surface area contributed by atoms with Gasteiger partial charge in [-0.3, -0.25) is 24.1 Å². The lowest BCUT2D eigenvalue weighted by Crippen LogP contribution is -2.71. The number of carboxylic acid groups (broad SMARTS) is 1. The minimum atomic E-state index is -1.35. The molecule has 15 nitrogen and oxygen atoms in total. The van der Waals surface area contributed by atoms with Gasteiger partial charge in [-0.2, -0.15) is 0 Å². The summed E-state index contributed by atoms with van der Waals surface area (Å²) in [5, 5.41) is 13.8. The van der Waals surface area contributed by atoms with Gasteiger partial charge in [-0.1, -0.05) is 36.4 Å². The van der Waals surface area contributed by atoms with Crippen LogP contribution in [0.15, 0.2) is 73.8 Å². The Morgan fingerprint density at radius 3 is 2.50 bits per heavy atom. The third-order valence-corrected chi connectivity index (χ3v) is 8.31. The van der Waals surface area contributed by atoms with Crippen molar-refractivity contribution in [3.8, 4) is 5.75 Å². The molecule has 16 heteroatoms. The minimum Gasteiger partial charge on any atom is -0.477 e. The number of carbonyl (C=O) groups is 5. The Labute approximate surface area is 251 Å². The van der Waals surface area contributed by atoms with Crippen LogP contribution in [0.5, 0.6) is 5.75 Å². The molecule has 3 N–H and O–H groups in total. The Kier molecular flexibility index (Phi) is 8.26. The van der Waals surface area contributed by atoms with Gasteiger partial charge in [0, 0.05) is 5.75 Å². The van der Waals surface area contributed by atoms with Crippen molar-refractivity contribution < 1.29 is 43.0 Å². The molecule has 1 saturated heterocycles. The molecule has 0 saturated carbocycles. The number of rotatable bonds is 8. The van der Waals surface area contributed by atoms with Crippen LogP contribution in [0, 0.1) is 0 Å². The predicted molar refractivity (Wildman–Crippen MR) is 152 cm³/mol. The van der Waals surface area contributed by atoms with E-state index < -0.39 is 65.2 Å². The van der Waals surface area contributed by atoms with Gasteiger partial charge in [0.05, 0.1) is 12.5 Å². The first-order chi connectivity index (χ1) is 21.0. The van der Waals surface area contributed by atoms with Crippen LogP contribution >= 0.6 is 11.8 Å². The Morgan fingerprint density at radius 1 is 1.09 bits per heavy atom. The van der Waals surface area contributed by atoms with Crippen LogP contribution < -0.4 is 26.7 Å². The first kappa shape index (κ1) is 30.1. The molecule has 1 aromatic heterocycles. The fourth-order valence-electron chi connectivity index (χ4n) is 4.82. The van der Waals surface area contributed by atoms with E-state index >= 15 is 0 Å². The van der Waals surface area contributed by atoms with Crippen LogP contribution in [0.4, 0.5) is 4.79 Å². The Bertz CT molecular complexity index is 1850. The highest BCUT2D eigenvalue weighted by Crippen LogP contribution is 2.40. The number of hydrogen-bond acceptors (Lipinski definition) is 11. The SMILES string of the molecule is COC(=O)Oc1cccc2c(=O)n(CC(=O)N[C@@H](C(=O)N[C@@H]3C(=O)N4C(C(=O)O)=C(C)CSC34)c3ccccc3)c(=O)oc12. The van der Waals surface area contributed by atoms with Gasteiger partial charge >= 0.3 is 17.9 Å². The summed E-state index contributed by atoms with van der Waals surface area (Å²) in [5.74, 6) is -4.67. The van der Waals surface area contributed by atoms with Crippen LogP contribution in [-0.2, 0) is 30.5 Å². The maximum Gasteiger partial charge on any atom is 0.513 e. The van der Waals surface area contributed by atoms with Gasteiger partial charge in [0.2, 0.25) is 11.8 Å². The van der Waals surface area contributed by atoms with E-state index in [1.165, 1.54) is 30.0 Å². The largest absolute Gasteiger partial charge is 0.513 e. The topological polar surface area (TPSA) is 204 Å². The summed E-state index contributed by atoms with van der Waals surface area (Å²) in [5.41, 5.74) is -0.521. The summed E-state index contributed by atoms with van der Waals surface area (Å²) in [4.78, 5) is 89.7. The zero-order chi connectivity index (χ0) is 31.7. The molecular formula is C28H24N4O11S. The Morgan fingerprint density at radius 2 is 1.82 bits per heavy atom. The van der Waals surface area contributed by atoms with Crippen molar-refractivity contribution in [2.75, 3.05) is 12.9 Å². The Balaban J connectivity index is 1.37. The standard InChI is InChI=1S/C28H24N4O11S/c1-13-12-44-25-19(24(36)32(25)20(13)26(37)38)30-22(34)18(14-7-4-3-5-8-14)29-17(33)11-31-23(35)15-9-6-10-16(42-28(40)41-2)21(15)43-27(31)39/h3-10,18-19,25H,11-12H2,1-2H3,(H,29,33)(H,30,34)(H,37,38)/t18-,19-,25?/m1/s1. The molecule has 0 spiro atoms. The molecule has 1 unspecified atom stereocenters. The van der Waals surface area contributed by atoms with E-state index in [0.717, 1.165) is 12.0 Å². The quantitative estimate of drug-likeness (QED) is 0.180. The highest BCUT2D eigenvalue weighted by Gasteiger charge is 2.54. The van der Waals surface area contributed by atoms with Gasteiger partial charge in [-0.15, -0.1) is 11.8 Å². The van der Waals surface area contributed by atoms with Crippen molar-refractivity contribution in [2.45, 2.75) is 30.9 Å². The van der Waals surface area contributed by atoms with E-state index in [4.69, 9.17) is 9.15 Å². The molecule has 228 valence electrons. The number of β-lactam (4-membered cyclic amide) rings is 1. The first-order valence-corrected chi connectivity index (χ1v) is 14.0. The van der Waals surface area contributed by atoms with Crippen LogP contribution in [0.2, 0.25) is 0 Å². The summed E-state index contributed by atoms with van der Waals surface area (Å²) in [6.07, 6.45) is -1.11. The second-order valence-electron chi connectivity index (χ2n) is 9.69. The second-order valence-corrected chi connectivity index (χ2v) is 10.8. The number of nitrogens with one attached hydrogen (secondary N) is 2. The van der Waals surface area contributed by atoms with E-state index in [0.29, 0.717) is 21.5 Å². The third kappa shape index (κ3) is 5.54. The zero-order valence-corrected chi connectivity index (χ0v) is 23.9. The number of benzene rings is 2. The zero-order valence-electron chi connectivity index (χ0n) is 23.1. The molecule has 2 aromatic carbocycles. The minimum absolute atomic E-state index is 0.124. The van der Waals surface area contributed by atoms with E-state index in [1.807, 2.05) is 0 Å². The number of ether oxygens (including phenoxy) is 2. The average Bonchev–Trinajstić information content (AvgIpc) is 3.01. The van der Waals surface area contributed by atoms with Gasteiger partial charge in [0.25, 0.3) is 11.5 Å². The molecule has 3 heterocycles. The first-order valence-electron chi connectivity index (χ1n) is 13.0. The third-order valence-electron chi connectivity index (χ3n) is 6.89. The molecule has 0 bridgehead atoms. The highest BCUT2D eigenvalue weighted by atomic mass is 32.2. The molecule has 2 aliphatic heterocycles. The van der Waals surface area contributed by atoms with Gasteiger partial charge in [0.15, 0.2) is 11.3 Å². The molecule has 2 aliphatic rings. The fourth-order valence-corrected chi connectivity index (χ4v) is 6.11. The van der Waals surface area contributed by atoms with Gasteiger partial charge in [-0.25, -0.2) is 19.0 Å². The molecule has 44 heavy (non-hydrogen) atoms. The number of amides is 3. The van der Waals surface area contributed by atoms with Crippen molar-refractivity contribution in [1.29, 1.82) is 0 Å². The van der Waals surface area contributed by atoms with Crippen molar-refractivity contribution in [3.63, 3.8) is 0 Å². The number of carbonyl (C=O) groups excluding carboxylic acids is 4.